The van der Waals surface area contributed by atoms with E-state index in [-0.39, 0.29) is 0 Å². The van der Waals surface area contributed by atoms with Crippen molar-refractivity contribution >= 4 is 11.8 Å². The molecular weight excluding hydrogens is 252 g/mol. The first-order chi connectivity index (χ1) is 8.88. The second-order valence-corrected chi connectivity index (χ2v) is 8.31. The van der Waals surface area contributed by atoms with Crippen molar-refractivity contribution in [1.82, 2.24) is 10.2 Å². The maximum Gasteiger partial charge on any atom is 0.0304 e. The molecule has 1 aliphatic heterocycles. The third-order valence-corrected chi connectivity index (χ3v) is 5.58. The van der Waals surface area contributed by atoms with Crippen molar-refractivity contribution in [1.29, 1.82) is 0 Å². The van der Waals surface area contributed by atoms with Gasteiger partial charge in [0.25, 0.3) is 0 Å². The number of rotatable bonds is 6. The number of hydrogen-bond acceptors (Lipinski definition) is 3. The molecule has 2 nitrogen and oxygen atoms in total. The van der Waals surface area contributed by atoms with Gasteiger partial charge in [0.1, 0.15) is 0 Å². The fraction of sp³-hybridized carbons (Fsp3) is 1.00. The predicted octanol–water partition coefficient (Wildman–Crippen LogP) is 3.62. The minimum Gasteiger partial charge on any atom is -0.308 e. The Morgan fingerprint density at radius 3 is 2.32 bits per heavy atom. The highest BCUT2D eigenvalue weighted by atomic mass is 32.2. The van der Waals surface area contributed by atoms with Gasteiger partial charge in [0.05, 0.1) is 0 Å². The normalized spacial score (nSPS) is 24.6. The summed E-state index contributed by atoms with van der Waals surface area (Å²) < 4.78 is 0. The summed E-state index contributed by atoms with van der Waals surface area (Å²) in [5.41, 5.74) is 0.705. The second-order valence-electron chi connectivity index (χ2n) is 6.92. The van der Waals surface area contributed by atoms with Gasteiger partial charge in [-0.2, -0.15) is 11.8 Å². The number of thioether (sulfide) groups is 1. The van der Waals surface area contributed by atoms with Gasteiger partial charge in [-0.25, -0.2) is 0 Å². The summed E-state index contributed by atoms with van der Waals surface area (Å²) in [4.78, 5) is 2.76. The minimum absolute atomic E-state index is 0.346. The van der Waals surface area contributed by atoms with Gasteiger partial charge in [-0.3, -0.25) is 4.90 Å². The Kier molecular flexibility index (Phi) is 6.68. The third-order valence-electron chi connectivity index (χ3n) is 4.70. The SMILES string of the molecule is CCSCCN1CC(CC)(CC)NCC1C(C)(C)C. The van der Waals surface area contributed by atoms with E-state index in [1.807, 2.05) is 0 Å². The lowest BCUT2D eigenvalue weighted by Crippen LogP contribution is -2.66. The smallest absolute Gasteiger partial charge is 0.0304 e. The largest absolute Gasteiger partial charge is 0.308 e. The minimum atomic E-state index is 0.346. The maximum absolute atomic E-state index is 3.86. The summed E-state index contributed by atoms with van der Waals surface area (Å²) in [6.07, 6.45) is 2.47. The standard InChI is InChI=1S/C16H34N2S/c1-7-16(8-2)13-18(10-11-19-9-3)14(12-17-16)15(4,5)6/h14,17H,7-13H2,1-6H3. The molecule has 1 fully saturated rings. The molecular formula is C16H34N2S. The highest BCUT2D eigenvalue weighted by Crippen LogP contribution is 2.31. The molecule has 114 valence electrons. The summed E-state index contributed by atoms with van der Waals surface area (Å²) in [5, 5.41) is 3.86. The molecule has 1 atom stereocenters. The van der Waals surface area contributed by atoms with Gasteiger partial charge in [-0.05, 0) is 24.0 Å². The first-order valence-corrected chi connectivity index (χ1v) is 9.11. The first-order valence-electron chi connectivity index (χ1n) is 7.95. The van der Waals surface area contributed by atoms with Crippen molar-refractivity contribution in [3.8, 4) is 0 Å². The molecule has 3 heteroatoms. The van der Waals surface area contributed by atoms with Crippen LogP contribution in [-0.4, -0.2) is 47.6 Å². The van der Waals surface area contributed by atoms with Crippen LogP contribution in [0, 0.1) is 5.41 Å². The Morgan fingerprint density at radius 1 is 1.21 bits per heavy atom. The van der Waals surface area contributed by atoms with Crippen molar-refractivity contribution in [2.45, 2.75) is 66.0 Å². The van der Waals surface area contributed by atoms with E-state index >= 15 is 0 Å². The van der Waals surface area contributed by atoms with Crippen LogP contribution in [-0.2, 0) is 0 Å². The van der Waals surface area contributed by atoms with Crippen LogP contribution in [0.2, 0.25) is 0 Å². The molecule has 0 bridgehead atoms. The van der Waals surface area contributed by atoms with Crippen LogP contribution in [0.4, 0.5) is 0 Å². The molecule has 1 heterocycles. The van der Waals surface area contributed by atoms with Crippen molar-refractivity contribution < 1.29 is 0 Å². The van der Waals surface area contributed by atoms with Gasteiger partial charge in [0, 0.05) is 37.0 Å². The lowest BCUT2D eigenvalue weighted by atomic mass is 9.80. The molecule has 1 N–H and O–H groups in total. The Morgan fingerprint density at radius 2 is 1.84 bits per heavy atom. The van der Waals surface area contributed by atoms with Gasteiger partial charge >= 0.3 is 0 Å². The summed E-state index contributed by atoms with van der Waals surface area (Å²) >= 11 is 2.07. The van der Waals surface area contributed by atoms with E-state index in [4.69, 9.17) is 0 Å². The van der Waals surface area contributed by atoms with Crippen LogP contribution in [0.15, 0.2) is 0 Å². The molecule has 0 spiro atoms. The molecule has 1 saturated heterocycles. The lowest BCUT2D eigenvalue weighted by molar-refractivity contribution is 0.0235. The average molecular weight is 287 g/mol. The predicted molar refractivity (Wildman–Crippen MR) is 89.1 cm³/mol. The van der Waals surface area contributed by atoms with Gasteiger partial charge in [0.2, 0.25) is 0 Å². The zero-order valence-electron chi connectivity index (χ0n) is 13.9. The summed E-state index contributed by atoms with van der Waals surface area (Å²) in [7, 11) is 0. The van der Waals surface area contributed by atoms with Gasteiger partial charge < -0.3 is 5.32 Å². The number of nitrogens with zero attached hydrogens (tertiary/aromatic N) is 1. The molecule has 19 heavy (non-hydrogen) atoms. The van der Waals surface area contributed by atoms with Crippen LogP contribution in [0.3, 0.4) is 0 Å². The monoisotopic (exact) mass is 286 g/mol. The van der Waals surface area contributed by atoms with Crippen molar-refractivity contribution in [2.24, 2.45) is 5.41 Å². The summed E-state index contributed by atoms with van der Waals surface area (Å²) in [6, 6.07) is 0.663. The zero-order chi connectivity index (χ0) is 14.5. The van der Waals surface area contributed by atoms with Gasteiger partial charge in [0.15, 0.2) is 0 Å². The van der Waals surface area contributed by atoms with Crippen LogP contribution >= 0.6 is 11.8 Å². The van der Waals surface area contributed by atoms with E-state index < -0.39 is 0 Å². The quantitative estimate of drug-likeness (QED) is 0.751. The van der Waals surface area contributed by atoms with Crippen LogP contribution in [0.1, 0.15) is 54.4 Å². The van der Waals surface area contributed by atoms with E-state index in [0.717, 1.165) is 6.54 Å². The van der Waals surface area contributed by atoms with E-state index in [9.17, 15) is 0 Å². The van der Waals surface area contributed by atoms with E-state index in [0.29, 0.717) is 17.0 Å². The maximum atomic E-state index is 3.86. The topological polar surface area (TPSA) is 15.3 Å². The number of nitrogens with one attached hydrogen (secondary N) is 1. The molecule has 0 aromatic heterocycles. The van der Waals surface area contributed by atoms with Crippen LogP contribution in [0.5, 0.6) is 0 Å². The van der Waals surface area contributed by atoms with E-state index in [1.165, 1.54) is 37.4 Å². The molecule has 0 amide bonds. The highest BCUT2D eigenvalue weighted by molar-refractivity contribution is 7.99. The van der Waals surface area contributed by atoms with Gasteiger partial charge in [-0.1, -0.05) is 41.5 Å². The molecule has 1 unspecified atom stereocenters. The molecule has 0 radical (unpaired) electrons. The molecule has 1 rings (SSSR count). The highest BCUT2D eigenvalue weighted by Gasteiger charge is 2.40. The Bertz CT molecular complexity index is 256. The third kappa shape index (κ3) is 4.64. The average Bonchev–Trinajstić information content (AvgIpc) is 2.37. The Labute approximate surface area is 125 Å². The van der Waals surface area contributed by atoms with Crippen LogP contribution in [0.25, 0.3) is 0 Å². The fourth-order valence-corrected chi connectivity index (χ4v) is 3.79. The Hall–Kier alpha value is 0.270. The number of piperazine rings is 1. The summed E-state index contributed by atoms with van der Waals surface area (Å²) in [5.74, 6) is 2.51. The Balaban J connectivity index is 2.74. The van der Waals surface area contributed by atoms with Crippen LogP contribution < -0.4 is 5.32 Å². The fourth-order valence-electron chi connectivity index (χ4n) is 3.14. The van der Waals surface area contributed by atoms with Crippen molar-refractivity contribution in [2.75, 3.05) is 31.1 Å². The number of hydrogen-bond donors (Lipinski definition) is 1. The summed E-state index contributed by atoms with van der Waals surface area (Å²) in [6.45, 7) is 17.6. The van der Waals surface area contributed by atoms with E-state index in [1.54, 1.807) is 0 Å². The van der Waals surface area contributed by atoms with Gasteiger partial charge in [-0.15, -0.1) is 0 Å². The molecule has 0 aromatic rings. The second kappa shape index (κ2) is 7.33. The zero-order valence-corrected chi connectivity index (χ0v) is 14.7. The van der Waals surface area contributed by atoms with Crippen molar-refractivity contribution in [3.05, 3.63) is 0 Å². The molecule has 1 aliphatic rings. The first kappa shape index (κ1) is 17.3. The van der Waals surface area contributed by atoms with Crippen molar-refractivity contribution in [3.63, 3.8) is 0 Å². The lowest BCUT2D eigenvalue weighted by Gasteiger charge is -2.51. The van der Waals surface area contributed by atoms with E-state index in [2.05, 4.69) is 63.5 Å². The molecule has 0 saturated carbocycles. The molecule has 0 aromatic carbocycles. The molecule has 0 aliphatic carbocycles.